The van der Waals surface area contributed by atoms with Crippen LogP contribution in [0.5, 0.6) is 0 Å². The van der Waals surface area contributed by atoms with Crippen molar-refractivity contribution in [3.8, 4) is 6.07 Å². The summed E-state index contributed by atoms with van der Waals surface area (Å²) < 4.78 is 0. The maximum Gasteiger partial charge on any atom is 0.0991 e. The maximum atomic E-state index is 8.73. The van der Waals surface area contributed by atoms with E-state index in [9.17, 15) is 0 Å². The Morgan fingerprint density at radius 1 is 1.06 bits per heavy atom. The molecule has 0 aliphatic rings. The Labute approximate surface area is 108 Å². The van der Waals surface area contributed by atoms with Crippen molar-refractivity contribution in [3.63, 3.8) is 0 Å². The zero-order chi connectivity index (χ0) is 12.8. The minimum atomic E-state index is 0.321. The lowest BCUT2D eigenvalue weighted by atomic mass is 10.1. The molecule has 0 spiro atoms. The van der Waals surface area contributed by atoms with Crippen molar-refractivity contribution >= 4 is 0 Å². The Kier molecular flexibility index (Phi) is 4.11. The average molecular weight is 236 g/mol. The summed E-state index contributed by atoms with van der Waals surface area (Å²) in [4.78, 5) is 0. The van der Waals surface area contributed by atoms with Crippen LogP contribution in [0.25, 0.3) is 0 Å². The Bertz CT molecular complexity index is 523. The van der Waals surface area contributed by atoms with Crippen molar-refractivity contribution in [2.75, 3.05) is 0 Å². The van der Waals surface area contributed by atoms with Crippen molar-refractivity contribution in [2.45, 2.75) is 19.5 Å². The van der Waals surface area contributed by atoms with Crippen molar-refractivity contribution in [1.82, 2.24) is 5.32 Å². The smallest absolute Gasteiger partial charge is 0.0991 e. The van der Waals surface area contributed by atoms with Crippen molar-refractivity contribution in [2.24, 2.45) is 0 Å². The first-order valence-corrected chi connectivity index (χ1v) is 6.07. The highest BCUT2D eigenvalue weighted by molar-refractivity contribution is 5.31. The van der Waals surface area contributed by atoms with Crippen LogP contribution in [0.2, 0.25) is 0 Å². The van der Waals surface area contributed by atoms with Gasteiger partial charge in [0.25, 0.3) is 0 Å². The molecule has 0 heterocycles. The Balaban J connectivity index is 1.93. The van der Waals surface area contributed by atoms with Gasteiger partial charge in [0.1, 0.15) is 0 Å². The summed E-state index contributed by atoms with van der Waals surface area (Å²) in [5.74, 6) is 0. The third-order valence-corrected chi connectivity index (χ3v) is 2.99. The van der Waals surface area contributed by atoms with Crippen LogP contribution >= 0.6 is 0 Å². The van der Waals surface area contributed by atoms with E-state index >= 15 is 0 Å². The van der Waals surface area contributed by atoms with E-state index in [-0.39, 0.29) is 0 Å². The summed E-state index contributed by atoms with van der Waals surface area (Å²) >= 11 is 0. The number of nitrogens with one attached hydrogen (secondary N) is 1. The normalized spacial score (nSPS) is 11.8. The molecule has 0 radical (unpaired) electrons. The largest absolute Gasteiger partial charge is 0.306 e. The molecule has 0 saturated heterocycles. The molecule has 0 aliphatic heterocycles. The van der Waals surface area contributed by atoms with Crippen molar-refractivity contribution in [1.29, 1.82) is 5.26 Å². The summed E-state index contributed by atoms with van der Waals surface area (Å²) in [7, 11) is 0. The lowest BCUT2D eigenvalue weighted by molar-refractivity contribution is 0.575. The predicted octanol–water partition coefficient (Wildman–Crippen LogP) is 3.41. The molecule has 0 amide bonds. The Morgan fingerprint density at radius 3 is 2.33 bits per heavy atom. The highest BCUT2D eigenvalue weighted by Crippen LogP contribution is 2.12. The fourth-order valence-corrected chi connectivity index (χ4v) is 1.83. The van der Waals surface area contributed by atoms with Crippen LogP contribution in [0.1, 0.15) is 29.7 Å². The molecule has 1 N–H and O–H groups in total. The number of hydrogen-bond acceptors (Lipinski definition) is 2. The number of rotatable bonds is 4. The van der Waals surface area contributed by atoms with Crippen LogP contribution in [0.15, 0.2) is 54.6 Å². The van der Waals surface area contributed by atoms with Gasteiger partial charge in [-0.15, -0.1) is 0 Å². The third kappa shape index (κ3) is 3.19. The van der Waals surface area contributed by atoms with Gasteiger partial charge in [0.2, 0.25) is 0 Å². The molecule has 0 aliphatic carbocycles. The lowest BCUT2D eigenvalue weighted by Crippen LogP contribution is -2.17. The SMILES string of the molecule is C[C@H](NCc1ccc(C#N)cc1)c1ccccc1. The molecule has 2 heteroatoms. The molecule has 0 fully saturated rings. The molecule has 0 aromatic heterocycles. The second kappa shape index (κ2) is 6.00. The molecule has 0 unspecified atom stereocenters. The van der Waals surface area contributed by atoms with Crippen LogP contribution in [-0.4, -0.2) is 0 Å². The van der Waals surface area contributed by atoms with E-state index in [1.807, 2.05) is 30.3 Å². The molecular formula is C16H16N2. The number of nitrogens with zero attached hydrogens (tertiary/aromatic N) is 1. The van der Waals surface area contributed by atoms with E-state index in [4.69, 9.17) is 5.26 Å². The molecule has 90 valence electrons. The minimum Gasteiger partial charge on any atom is -0.306 e. The molecule has 2 aromatic rings. The molecule has 2 aromatic carbocycles. The lowest BCUT2D eigenvalue weighted by Gasteiger charge is -2.14. The van der Waals surface area contributed by atoms with E-state index in [1.165, 1.54) is 11.1 Å². The van der Waals surface area contributed by atoms with Gasteiger partial charge in [-0.2, -0.15) is 5.26 Å². The fraction of sp³-hybridized carbons (Fsp3) is 0.188. The maximum absolute atomic E-state index is 8.73. The summed E-state index contributed by atoms with van der Waals surface area (Å²) in [6.45, 7) is 2.96. The number of nitriles is 1. The van der Waals surface area contributed by atoms with Gasteiger partial charge in [0, 0.05) is 12.6 Å². The van der Waals surface area contributed by atoms with Gasteiger partial charge in [-0.1, -0.05) is 42.5 Å². The molecule has 18 heavy (non-hydrogen) atoms. The Morgan fingerprint density at radius 2 is 1.72 bits per heavy atom. The van der Waals surface area contributed by atoms with Gasteiger partial charge in [-0.05, 0) is 30.2 Å². The number of hydrogen-bond donors (Lipinski definition) is 1. The summed E-state index contributed by atoms with van der Waals surface area (Å²) in [6, 6.07) is 20.5. The monoisotopic (exact) mass is 236 g/mol. The molecular weight excluding hydrogens is 220 g/mol. The highest BCUT2D eigenvalue weighted by Gasteiger charge is 2.03. The van der Waals surface area contributed by atoms with E-state index in [0.29, 0.717) is 11.6 Å². The van der Waals surface area contributed by atoms with Crippen LogP contribution < -0.4 is 5.32 Å². The average Bonchev–Trinajstić information content (AvgIpc) is 2.46. The first kappa shape index (κ1) is 12.3. The second-order valence-corrected chi connectivity index (χ2v) is 4.32. The van der Waals surface area contributed by atoms with Gasteiger partial charge in [0.15, 0.2) is 0 Å². The van der Waals surface area contributed by atoms with E-state index in [1.54, 1.807) is 0 Å². The van der Waals surface area contributed by atoms with Crippen LogP contribution in [0.4, 0.5) is 0 Å². The fourth-order valence-electron chi connectivity index (χ4n) is 1.83. The molecule has 1 atom stereocenters. The van der Waals surface area contributed by atoms with E-state index in [2.05, 4.69) is 42.6 Å². The van der Waals surface area contributed by atoms with Crippen molar-refractivity contribution < 1.29 is 0 Å². The second-order valence-electron chi connectivity index (χ2n) is 4.32. The zero-order valence-electron chi connectivity index (χ0n) is 10.4. The third-order valence-electron chi connectivity index (χ3n) is 2.99. The van der Waals surface area contributed by atoms with Gasteiger partial charge < -0.3 is 5.32 Å². The summed E-state index contributed by atoms with van der Waals surface area (Å²) in [5.41, 5.74) is 3.18. The summed E-state index contributed by atoms with van der Waals surface area (Å²) in [5, 5.41) is 12.2. The molecule has 0 bridgehead atoms. The van der Waals surface area contributed by atoms with Gasteiger partial charge in [-0.3, -0.25) is 0 Å². The standard InChI is InChI=1S/C16H16N2/c1-13(16-5-3-2-4-6-16)18-12-15-9-7-14(11-17)8-10-15/h2-10,13,18H,12H2,1H3/t13-/m0/s1. The van der Waals surface area contributed by atoms with E-state index < -0.39 is 0 Å². The minimum absolute atomic E-state index is 0.321. The first-order chi connectivity index (χ1) is 8.79. The van der Waals surface area contributed by atoms with Crippen molar-refractivity contribution in [3.05, 3.63) is 71.3 Å². The predicted molar refractivity (Wildman–Crippen MR) is 72.9 cm³/mol. The zero-order valence-corrected chi connectivity index (χ0v) is 10.4. The van der Waals surface area contributed by atoms with Gasteiger partial charge in [0.05, 0.1) is 11.6 Å². The van der Waals surface area contributed by atoms with Gasteiger partial charge in [-0.25, -0.2) is 0 Å². The van der Waals surface area contributed by atoms with Gasteiger partial charge >= 0.3 is 0 Å². The number of benzene rings is 2. The van der Waals surface area contributed by atoms with E-state index in [0.717, 1.165) is 6.54 Å². The quantitative estimate of drug-likeness (QED) is 0.883. The first-order valence-electron chi connectivity index (χ1n) is 6.07. The molecule has 0 saturated carbocycles. The molecule has 2 rings (SSSR count). The highest BCUT2D eigenvalue weighted by atomic mass is 14.9. The topological polar surface area (TPSA) is 35.8 Å². The van der Waals surface area contributed by atoms with Crippen LogP contribution in [0.3, 0.4) is 0 Å². The summed E-state index contributed by atoms with van der Waals surface area (Å²) in [6.07, 6.45) is 0. The van der Waals surface area contributed by atoms with Crippen LogP contribution in [-0.2, 0) is 6.54 Å². The van der Waals surface area contributed by atoms with Crippen LogP contribution in [0, 0.1) is 11.3 Å². The Hall–Kier alpha value is -2.11. The molecule has 2 nitrogen and oxygen atoms in total.